The summed E-state index contributed by atoms with van der Waals surface area (Å²) in [5, 5.41) is 3.76. The van der Waals surface area contributed by atoms with Crippen molar-refractivity contribution in [1.82, 2.24) is 9.62 Å². The number of carbonyl (C=O) groups excluding carboxylic acids is 1. The average Bonchev–Trinajstić information content (AvgIpc) is 2.74. The smallest absolute Gasteiger partial charge is 0.230 e. The van der Waals surface area contributed by atoms with Crippen LogP contribution >= 0.6 is 23.4 Å². The first-order valence-corrected chi connectivity index (χ1v) is 13.2. The summed E-state index contributed by atoms with van der Waals surface area (Å²) in [6, 6.07) is 17.9. The molecule has 0 aliphatic carbocycles. The lowest BCUT2D eigenvalue weighted by atomic mass is 9.98. The second-order valence-electron chi connectivity index (χ2n) is 7.56. The average molecular weight is 467 g/mol. The van der Waals surface area contributed by atoms with Crippen molar-refractivity contribution in [3.05, 3.63) is 70.7 Å². The lowest BCUT2D eigenvalue weighted by Gasteiger charge is -2.30. The number of sulfonamides is 1. The maximum absolute atomic E-state index is 12.5. The topological polar surface area (TPSA) is 66.5 Å². The Hall–Kier alpha value is -1.54. The minimum atomic E-state index is -3.12. The first kappa shape index (κ1) is 23.1. The summed E-state index contributed by atoms with van der Waals surface area (Å²) >= 11 is 7.62. The predicted octanol–water partition coefficient (Wildman–Crippen LogP) is 3.95. The van der Waals surface area contributed by atoms with Crippen molar-refractivity contribution < 1.29 is 13.2 Å². The van der Waals surface area contributed by atoms with Gasteiger partial charge in [0.15, 0.2) is 0 Å². The highest BCUT2D eigenvalue weighted by Crippen LogP contribution is 2.35. The van der Waals surface area contributed by atoms with Crippen molar-refractivity contribution in [2.75, 3.05) is 31.6 Å². The summed E-state index contributed by atoms with van der Waals surface area (Å²) in [5.74, 6) is 0.670. The number of piperidine rings is 1. The normalized spacial score (nSPS) is 16.9. The maximum atomic E-state index is 12.5. The van der Waals surface area contributed by atoms with Crippen LogP contribution < -0.4 is 5.32 Å². The van der Waals surface area contributed by atoms with Gasteiger partial charge in [-0.2, -0.15) is 0 Å². The van der Waals surface area contributed by atoms with Gasteiger partial charge in [-0.25, -0.2) is 12.7 Å². The van der Waals surface area contributed by atoms with Crippen LogP contribution in [-0.2, 0) is 14.8 Å². The molecule has 5 nitrogen and oxygen atoms in total. The van der Waals surface area contributed by atoms with Gasteiger partial charge < -0.3 is 5.32 Å². The molecule has 1 saturated heterocycles. The Morgan fingerprint density at radius 3 is 2.30 bits per heavy atom. The quantitative estimate of drug-likeness (QED) is 0.639. The number of nitrogens with one attached hydrogen (secondary N) is 1. The van der Waals surface area contributed by atoms with E-state index >= 15 is 0 Å². The van der Waals surface area contributed by atoms with E-state index in [1.54, 1.807) is 11.8 Å². The fourth-order valence-corrected chi connectivity index (χ4v) is 5.68. The molecule has 1 aliphatic heterocycles. The molecule has 1 unspecified atom stereocenters. The summed E-state index contributed by atoms with van der Waals surface area (Å²) < 4.78 is 24.7. The van der Waals surface area contributed by atoms with Crippen LogP contribution in [0.2, 0.25) is 5.02 Å². The van der Waals surface area contributed by atoms with Gasteiger partial charge in [0, 0.05) is 24.7 Å². The number of carbonyl (C=O) groups is 1. The third-order valence-corrected chi connectivity index (χ3v) is 8.15. The molecule has 1 aliphatic rings. The number of benzene rings is 2. The van der Waals surface area contributed by atoms with Crippen LogP contribution in [0.1, 0.15) is 29.2 Å². The SMILES string of the molecule is CS(=O)(=O)N1CCC(CNC(=O)CSC(c2ccccc2)c2ccc(Cl)cc2)CC1. The Balaban J connectivity index is 1.52. The van der Waals surface area contributed by atoms with Gasteiger partial charge in [-0.05, 0) is 42.0 Å². The highest BCUT2D eigenvalue weighted by molar-refractivity contribution is 8.00. The molecule has 0 radical (unpaired) electrons. The zero-order valence-corrected chi connectivity index (χ0v) is 19.3. The van der Waals surface area contributed by atoms with E-state index < -0.39 is 10.0 Å². The fraction of sp³-hybridized carbons (Fsp3) is 0.409. The summed E-state index contributed by atoms with van der Waals surface area (Å²) in [6.45, 7) is 1.65. The molecule has 0 bridgehead atoms. The van der Waals surface area contributed by atoms with Crippen LogP contribution in [-0.4, -0.2) is 50.3 Å². The second-order valence-corrected chi connectivity index (χ2v) is 11.1. The van der Waals surface area contributed by atoms with Gasteiger partial charge >= 0.3 is 0 Å². The third-order valence-electron chi connectivity index (χ3n) is 5.29. The van der Waals surface area contributed by atoms with E-state index in [1.165, 1.54) is 10.6 Å². The molecule has 2 aromatic carbocycles. The lowest BCUT2D eigenvalue weighted by molar-refractivity contribution is -0.118. The summed E-state index contributed by atoms with van der Waals surface area (Å²) in [4.78, 5) is 12.5. The summed E-state index contributed by atoms with van der Waals surface area (Å²) in [5.41, 5.74) is 2.25. The van der Waals surface area contributed by atoms with Crippen LogP contribution in [0.5, 0.6) is 0 Å². The van der Waals surface area contributed by atoms with Gasteiger partial charge in [-0.1, -0.05) is 54.1 Å². The van der Waals surface area contributed by atoms with Gasteiger partial charge in [-0.3, -0.25) is 4.79 Å². The molecule has 8 heteroatoms. The number of hydrogen-bond acceptors (Lipinski definition) is 4. The molecule has 2 aromatic rings. The van der Waals surface area contributed by atoms with E-state index in [-0.39, 0.29) is 11.2 Å². The minimum absolute atomic E-state index is 0.000405. The first-order valence-electron chi connectivity index (χ1n) is 9.97. The van der Waals surface area contributed by atoms with E-state index in [9.17, 15) is 13.2 Å². The second kappa shape index (κ2) is 10.7. The molecular weight excluding hydrogens is 440 g/mol. The van der Waals surface area contributed by atoms with Crippen molar-refractivity contribution in [1.29, 1.82) is 0 Å². The zero-order valence-electron chi connectivity index (χ0n) is 17.0. The molecule has 0 saturated carbocycles. The van der Waals surface area contributed by atoms with Gasteiger partial charge in [0.2, 0.25) is 15.9 Å². The minimum Gasteiger partial charge on any atom is -0.355 e. The molecule has 1 N–H and O–H groups in total. The van der Waals surface area contributed by atoms with Gasteiger partial charge in [0.1, 0.15) is 0 Å². The molecule has 1 heterocycles. The molecule has 3 rings (SSSR count). The van der Waals surface area contributed by atoms with Crippen molar-refractivity contribution in [3.63, 3.8) is 0 Å². The van der Waals surface area contributed by atoms with Crippen LogP contribution in [0.4, 0.5) is 0 Å². The largest absolute Gasteiger partial charge is 0.355 e. The Bertz CT molecular complexity index is 929. The first-order chi connectivity index (χ1) is 14.3. The van der Waals surface area contributed by atoms with Crippen molar-refractivity contribution >= 4 is 39.3 Å². The highest BCUT2D eigenvalue weighted by atomic mass is 35.5. The Morgan fingerprint density at radius 2 is 1.70 bits per heavy atom. The number of hydrogen-bond donors (Lipinski definition) is 1. The van der Waals surface area contributed by atoms with Gasteiger partial charge in [-0.15, -0.1) is 11.8 Å². The van der Waals surface area contributed by atoms with Gasteiger partial charge in [0.25, 0.3) is 0 Å². The fourth-order valence-electron chi connectivity index (χ4n) is 3.56. The van der Waals surface area contributed by atoms with E-state index in [0.29, 0.717) is 36.3 Å². The van der Waals surface area contributed by atoms with E-state index in [1.807, 2.05) is 42.5 Å². The van der Waals surface area contributed by atoms with Crippen molar-refractivity contribution in [2.24, 2.45) is 5.92 Å². The number of halogens is 1. The number of rotatable bonds is 8. The van der Waals surface area contributed by atoms with Crippen LogP contribution in [0.3, 0.4) is 0 Å². The number of thioether (sulfide) groups is 1. The third kappa shape index (κ3) is 6.74. The van der Waals surface area contributed by atoms with E-state index in [4.69, 9.17) is 11.6 Å². The van der Waals surface area contributed by atoms with Crippen molar-refractivity contribution in [2.45, 2.75) is 18.1 Å². The van der Waals surface area contributed by atoms with E-state index in [2.05, 4.69) is 17.4 Å². The molecule has 1 amide bonds. The summed E-state index contributed by atoms with van der Waals surface area (Å²) in [7, 11) is -3.12. The Kier molecular flexibility index (Phi) is 8.22. The Morgan fingerprint density at radius 1 is 1.10 bits per heavy atom. The summed E-state index contributed by atoms with van der Waals surface area (Å²) in [6.07, 6.45) is 2.80. The van der Waals surface area contributed by atoms with Crippen LogP contribution in [0, 0.1) is 5.92 Å². The molecule has 1 atom stereocenters. The molecule has 162 valence electrons. The number of amides is 1. The molecular formula is C22H27ClN2O3S2. The number of nitrogens with zero attached hydrogens (tertiary/aromatic N) is 1. The van der Waals surface area contributed by atoms with Gasteiger partial charge in [0.05, 0.1) is 17.3 Å². The van der Waals surface area contributed by atoms with Crippen LogP contribution in [0.25, 0.3) is 0 Å². The Labute approximate surface area is 188 Å². The lowest BCUT2D eigenvalue weighted by Crippen LogP contribution is -2.41. The zero-order chi connectivity index (χ0) is 21.6. The van der Waals surface area contributed by atoms with E-state index in [0.717, 1.165) is 24.0 Å². The maximum Gasteiger partial charge on any atom is 0.230 e. The molecule has 1 fully saturated rings. The predicted molar refractivity (Wildman–Crippen MR) is 124 cm³/mol. The standard InChI is InChI=1S/C22H27ClN2O3S2/c1-30(27,28)25-13-11-17(12-14-25)15-24-21(26)16-29-22(18-5-3-2-4-6-18)19-7-9-20(23)10-8-19/h2-10,17,22H,11-16H2,1H3,(H,24,26). The molecule has 0 spiro atoms. The van der Waals surface area contributed by atoms with Crippen molar-refractivity contribution in [3.8, 4) is 0 Å². The monoisotopic (exact) mass is 466 g/mol. The van der Waals surface area contributed by atoms with Crippen LogP contribution in [0.15, 0.2) is 54.6 Å². The molecule has 0 aromatic heterocycles. The molecule has 30 heavy (non-hydrogen) atoms. The highest BCUT2D eigenvalue weighted by Gasteiger charge is 2.25.